The number of anilines is 1. The molecule has 1 aromatic carbocycles. The predicted octanol–water partition coefficient (Wildman–Crippen LogP) is 3.58. The van der Waals surface area contributed by atoms with Gasteiger partial charge in [0.15, 0.2) is 11.6 Å². The van der Waals surface area contributed by atoms with Crippen LogP contribution in [0.5, 0.6) is 0 Å². The number of benzene rings is 1. The Hall–Kier alpha value is -3.49. The maximum absolute atomic E-state index is 12.9. The molecule has 6 nitrogen and oxygen atoms in total. The van der Waals surface area contributed by atoms with Crippen molar-refractivity contribution in [1.29, 1.82) is 0 Å². The molecule has 1 aliphatic rings. The molecule has 0 radical (unpaired) electrons. The smallest absolute Gasteiger partial charge is 0.366 e. The largest absolute Gasteiger partial charge is 0.416 e. The summed E-state index contributed by atoms with van der Waals surface area (Å²) < 4.78 is 38.6. The Labute approximate surface area is 170 Å². The van der Waals surface area contributed by atoms with Crippen LogP contribution in [0.15, 0.2) is 54.7 Å². The fourth-order valence-corrected chi connectivity index (χ4v) is 3.55. The highest BCUT2D eigenvalue weighted by Gasteiger charge is 2.31. The molecule has 154 valence electrons. The van der Waals surface area contributed by atoms with E-state index in [-0.39, 0.29) is 5.92 Å². The summed E-state index contributed by atoms with van der Waals surface area (Å²) in [6.07, 6.45) is -2.09. The highest BCUT2D eigenvalue weighted by molar-refractivity contribution is 5.92. The minimum absolute atomic E-state index is 0.0919. The Morgan fingerprint density at radius 2 is 1.90 bits per heavy atom. The van der Waals surface area contributed by atoms with Crippen LogP contribution < -0.4 is 10.6 Å². The lowest BCUT2D eigenvalue weighted by molar-refractivity contribution is -0.137. The molecule has 0 bridgehead atoms. The normalized spacial score (nSPS) is 16.8. The van der Waals surface area contributed by atoms with Gasteiger partial charge in [-0.05, 0) is 30.7 Å². The second-order valence-electron chi connectivity index (χ2n) is 7.14. The van der Waals surface area contributed by atoms with E-state index in [9.17, 15) is 18.0 Å². The van der Waals surface area contributed by atoms with E-state index >= 15 is 0 Å². The van der Waals surface area contributed by atoms with Crippen molar-refractivity contribution < 1.29 is 18.0 Å². The van der Waals surface area contributed by atoms with Gasteiger partial charge in [-0.3, -0.25) is 9.78 Å². The monoisotopic (exact) mass is 413 g/mol. The number of hydrogen-bond acceptors (Lipinski definition) is 5. The van der Waals surface area contributed by atoms with Crippen molar-refractivity contribution in [2.24, 2.45) is 11.7 Å². The predicted molar refractivity (Wildman–Crippen MR) is 106 cm³/mol. The highest BCUT2D eigenvalue weighted by atomic mass is 19.4. The molecule has 1 saturated heterocycles. The Morgan fingerprint density at radius 1 is 1.17 bits per heavy atom. The molecule has 9 heteroatoms. The average Bonchev–Trinajstić information content (AvgIpc) is 3.21. The molecule has 3 aromatic rings. The van der Waals surface area contributed by atoms with Crippen molar-refractivity contribution in [2.45, 2.75) is 12.6 Å². The quantitative estimate of drug-likeness (QED) is 0.661. The number of amides is 1. The van der Waals surface area contributed by atoms with Gasteiger partial charge in [0, 0.05) is 36.3 Å². The summed E-state index contributed by atoms with van der Waals surface area (Å²) in [6, 6.07) is 8.23. The lowest BCUT2D eigenvalue weighted by Crippen LogP contribution is -2.25. The SMILES string of the molecule is C=C(C(N)=O)C1CCN(c2nc(-c3ccc(C(F)(F)F)cc3)nc3cccnc23)C1. The van der Waals surface area contributed by atoms with E-state index in [0.717, 1.165) is 12.1 Å². The average molecular weight is 413 g/mol. The number of alkyl halides is 3. The maximum Gasteiger partial charge on any atom is 0.416 e. The maximum atomic E-state index is 12.9. The van der Waals surface area contributed by atoms with Crippen molar-refractivity contribution in [3.8, 4) is 11.4 Å². The van der Waals surface area contributed by atoms with Gasteiger partial charge in [0.05, 0.1) is 11.1 Å². The molecule has 1 amide bonds. The molecule has 3 heterocycles. The Balaban J connectivity index is 1.74. The highest BCUT2D eigenvalue weighted by Crippen LogP contribution is 2.33. The van der Waals surface area contributed by atoms with Gasteiger partial charge < -0.3 is 10.6 Å². The Kier molecular flexibility index (Phi) is 4.89. The summed E-state index contributed by atoms with van der Waals surface area (Å²) in [4.78, 5) is 26.9. The van der Waals surface area contributed by atoms with E-state index in [2.05, 4.69) is 21.5 Å². The Bertz CT molecular complexity index is 1130. The van der Waals surface area contributed by atoms with Crippen LogP contribution in [0.1, 0.15) is 12.0 Å². The lowest BCUT2D eigenvalue weighted by Gasteiger charge is -2.20. The summed E-state index contributed by atoms with van der Waals surface area (Å²) in [5.41, 5.74) is 6.62. The first-order valence-electron chi connectivity index (χ1n) is 9.28. The van der Waals surface area contributed by atoms with Gasteiger partial charge in [0.2, 0.25) is 5.91 Å². The first kappa shape index (κ1) is 19.8. The standard InChI is InChI=1S/C21H18F3N5O/c1-12(18(25)30)14-8-10-29(11-14)20-17-16(3-2-9-26-17)27-19(28-20)13-4-6-15(7-5-13)21(22,23)24/h2-7,9,14H,1,8,10-11H2,(H2,25,30). The number of carbonyl (C=O) groups excluding carboxylic acids is 1. The van der Waals surface area contributed by atoms with Gasteiger partial charge >= 0.3 is 6.18 Å². The topological polar surface area (TPSA) is 85.0 Å². The molecular formula is C21H18F3N5O. The minimum Gasteiger partial charge on any atom is -0.366 e. The van der Waals surface area contributed by atoms with Gasteiger partial charge in [0.1, 0.15) is 5.52 Å². The van der Waals surface area contributed by atoms with Crippen LogP contribution in [-0.4, -0.2) is 33.9 Å². The number of nitrogens with two attached hydrogens (primary N) is 1. The second-order valence-corrected chi connectivity index (χ2v) is 7.14. The summed E-state index contributed by atoms with van der Waals surface area (Å²) in [6.45, 7) is 4.89. The summed E-state index contributed by atoms with van der Waals surface area (Å²) >= 11 is 0. The first-order chi connectivity index (χ1) is 14.2. The zero-order valence-electron chi connectivity index (χ0n) is 15.9. The van der Waals surface area contributed by atoms with Crippen molar-refractivity contribution in [1.82, 2.24) is 15.0 Å². The fourth-order valence-electron chi connectivity index (χ4n) is 3.55. The van der Waals surface area contributed by atoms with Gasteiger partial charge in [0.25, 0.3) is 0 Å². The number of pyridine rings is 1. The van der Waals surface area contributed by atoms with Crippen LogP contribution in [0.3, 0.4) is 0 Å². The minimum atomic E-state index is -4.41. The summed E-state index contributed by atoms with van der Waals surface area (Å²) in [5, 5.41) is 0. The fraction of sp³-hybridized carbons (Fsp3) is 0.238. The number of primary amides is 1. The zero-order valence-corrected chi connectivity index (χ0v) is 15.9. The number of rotatable bonds is 4. The van der Waals surface area contributed by atoms with Crippen molar-refractivity contribution in [2.75, 3.05) is 18.0 Å². The molecule has 30 heavy (non-hydrogen) atoms. The molecule has 2 aromatic heterocycles. The molecule has 1 atom stereocenters. The Morgan fingerprint density at radius 3 is 2.57 bits per heavy atom. The number of hydrogen-bond donors (Lipinski definition) is 1. The molecule has 1 unspecified atom stereocenters. The van der Waals surface area contributed by atoms with E-state index < -0.39 is 17.6 Å². The van der Waals surface area contributed by atoms with E-state index in [1.165, 1.54) is 12.1 Å². The van der Waals surface area contributed by atoms with Crippen LogP contribution >= 0.6 is 0 Å². The van der Waals surface area contributed by atoms with E-state index in [1.54, 1.807) is 18.3 Å². The van der Waals surface area contributed by atoms with Gasteiger partial charge in [-0.1, -0.05) is 18.7 Å². The van der Waals surface area contributed by atoms with Crippen LogP contribution in [0.4, 0.5) is 19.0 Å². The van der Waals surface area contributed by atoms with Gasteiger partial charge in [-0.2, -0.15) is 13.2 Å². The first-order valence-corrected chi connectivity index (χ1v) is 9.28. The van der Waals surface area contributed by atoms with Crippen molar-refractivity contribution in [3.63, 3.8) is 0 Å². The number of nitrogens with zero attached hydrogens (tertiary/aromatic N) is 4. The number of fused-ring (bicyclic) bond motifs is 1. The summed E-state index contributed by atoms with van der Waals surface area (Å²) in [7, 11) is 0. The van der Waals surface area contributed by atoms with Crippen LogP contribution in [-0.2, 0) is 11.0 Å². The van der Waals surface area contributed by atoms with Crippen molar-refractivity contribution in [3.05, 3.63) is 60.3 Å². The van der Waals surface area contributed by atoms with Crippen LogP contribution in [0.2, 0.25) is 0 Å². The molecule has 0 spiro atoms. The molecular weight excluding hydrogens is 395 g/mol. The van der Waals surface area contributed by atoms with E-state index in [1.807, 2.05) is 4.90 Å². The molecule has 0 aliphatic carbocycles. The molecule has 1 aliphatic heterocycles. The third-order valence-corrected chi connectivity index (χ3v) is 5.20. The number of carbonyl (C=O) groups is 1. The van der Waals surface area contributed by atoms with Crippen LogP contribution in [0, 0.1) is 5.92 Å². The third-order valence-electron chi connectivity index (χ3n) is 5.20. The van der Waals surface area contributed by atoms with Crippen LogP contribution in [0.25, 0.3) is 22.4 Å². The zero-order chi connectivity index (χ0) is 21.5. The lowest BCUT2D eigenvalue weighted by atomic mass is 9.99. The number of halogens is 3. The molecule has 0 saturated carbocycles. The van der Waals surface area contributed by atoms with E-state index in [0.29, 0.717) is 53.3 Å². The number of aromatic nitrogens is 3. The molecule has 4 rings (SSSR count). The van der Waals surface area contributed by atoms with Crippen molar-refractivity contribution >= 4 is 22.8 Å². The molecule has 1 fully saturated rings. The van der Waals surface area contributed by atoms with Gasteiger partial charge in [-0.25, -0.2) is 9.97 Å². The van der Waals surface area contributed by atoms with E-state index in [4.69, 9.17) is 5.73 Å². The summed E-state index contributed by atoms with van der Waals surface area (Å²) in [5.74, 6) is 0.246. The molecule has 2 N–H and O–H groups in total. The third kappa shape index (κ3) is 3.70. The van der Waals surface area contributed by atoms with Gasteiger partial charge in [-0.15, -0.1) is 0 Å². The second kappa shape index (κ2) is 7.40.